The topological polar surface area (TPSA) is 49.8 Å². The van der Waals surface area contributed by atoms with E-state index in [1.807, 2.05) is 6.92 Å². The Labute approximate surface area is 94.7 Å². The van der Waals surface area contributed by atoms with Gasteiger partial charge in [0.15, 0.2) is 11.6 Å². The first-order chi connectivity index (χ1) is 7.70. The average Bonchev–Trinajstić information content (AvgIpc) is 2.96. The molecule has 0 saturated heterocycles. The molecule has 5 heteroatoms. The molecule has 1 aliphatic rings. The van der Waals surface area contributed by atoms with Gasteiger partial charge >= 0.3 is 0 Å². The Kier molecular flexibility index (Phi) is 3.22. The fraction of sp³-hybridized carbons (Fsp3) is 0.636. The SMILES string of the molecule is CCNc1ncc(F)c(NCC2CC2C)n1. The van der Waals surface area contributed by atoms with E-state index < -0.39 is 5.82 Å². The highest BCUT2D eigenvalue weighted by atomic mass is 19.1. The monoisotopic (exact) mass is 224 g/mol. The summed E-state index contributed by atoms with van der Waals surface area (Å²) in [7, 11) is 0. The summed E-state index contributed by atoms with van der Waals surface area (Å²) in [4.78, 5) is 7.93. The number of rotatable bonds is 5. The highest BCUT2D eigenvalue weighted by molar-refractivity contribution is 5.41. The number of hydrogen-bond donors (Lipinski definition) is 2. The second-order valence-electron chi connectivity index (χ2n) is 4.27. The second kappa shape index (κ2) is 4.63. The molecular formula is C11H17FN4. The number of nitrogens with one attached hydrogen (secondary N) is 2. The summed E-state index contributed by atoms with van der Waals surface area (Å²) >= 11 is 0. The van der Waals surface area contributed by atoms with Crippen LogP contribution in [0.5, 0.6) is 0 Å². The molecule has 4 nitrogen and oxygen atoms in total. The molecule has 16 heavy (non-hydrogen) atoms. The molecule has 2 atom stereocenters. The molecule has 1 aromatic heterocycles. The van der Waals surface area contributed by atoms with E-state index >= 15 is 0 Å². The third-order valence-electron chi connectivity index (χ3n) is 2.89. The van der Waals surface area contributed by atoms with Crippen LogP contribution in [0.2, 0.25) is 0 Å². The van der Waals surface area contributed by atoms with Crippen molar-refractivity contribution in [1.29, 1.82) is 0 Å². The third kappa shape index (κ3) is 2.59. The lowest BCUT2D eigenvalue weighted by Crippen LogP contribution is -2.10. The van der Waals surface area contributed by atoms with Gasteiger partial charge in [-0.1, -0.05) is 6.92 Å². The minimum Gasteiger partial charge on any atom is -0.367 e. The molecule has 2 N–H and O–H groups in total. The molecule has 0 amide bonds. The predicted octanol–water partition coefficient (Wildman–Crippen LogP) is 2.12. The Bertz CT molecular complexity index is 369. The lowest BCUT2D eigenvalue weighted by molar-refractivity contribution is 0.615. The zero-order valence-electron chi connectivity index (χ0n) is 9.63. The van der Waals surface area contributed by atoms with E-state index in [9.17, 15) is 4.39 Å². The van der Waals surface area contributed by atoms with Gasteiger partial charge < -0.3 is 10.6 Å². The highest BCUT2D eigenvalue weighted by Gasteiger charge is 2.32. The van der Waals surface area contributed by atoms with Crippen molar-refractivity contribution >= 4 is 11.8 Å². The first-order valence-electron chi connectivity index (χ1n) is 5.71. The Balaban J connectivity index is 1.97. The van der Waals surface area contributed by atoms with Crippen LogP contribution >= 0.6 is 0 Å². The minimum atomic E-state index is -0.394. The molecule has 0 aliphatic heterocycles. The summed E-state index contributed by atoms with van der Waals surface area (Å²) in [5.41, 5.74) is 0. The second-order valence-corrected chi connectivity index (χ2v) is 4.27. The van der Waals surface area contributed by atoms with Gasteiger partial charge in [-0.3, -0.25) is 0 Å². The van der Waals surface area contributed by atoms with Crippen LogP contribution in [0.15, 0.2) is 6.20 Å². The number of aromatic nitrogens is 2. The van der Waals surface area contributed by atoms with Crippen molar-refractivity contribution in [2.45, 2.75) is 20.3 Å². The Morgan fingerprint density at radius 2 is 2.25 bits per heavy atom. The lowest BCUT2D eigenvalue weighted by Gasteiger charge is -2.07. The molecule has 1 aromatic rings. The van der Waals surface area contributed by atoms with Crippen molar-refractivity contribution in [1.82, 2.24) is 9.97 Å². The standard InChI is InChI=1S/C11H17FN4/c1-3-13-11-15-6-9(12)10(16-11)14-5-8-4-7(8)2/h6-8H,3-5H2,1-2H3,(H2,13,14,15,16). The van der Waals surface area contributed by atoms with E-state index in [1.54, 1.807) is 0 Å². The van der Waals surface area contributed by atoms with Crippen molar-refractivity contribution in [3.8, 4) is 0 Å². The van der Waals surface area contributed by atoms with Gasteiger partial charge in [0.25, 0.3) is 0 Å². The van der Waals surface area contributed by atoms with Gasteiger partial charge in [-0.05, 0) is 25.2 Å². The molecule has 0 aromatic carbocycles. The summed E-state index contributed by atoms with van der Waals surface area (Å²) in [6.45, 7) is 5.67. The molecule has 0 bridgehead atoms. The van der Waals surface area contributed by atoms with E-state index in [2.05, 4.69) is 27.5 Å². The van der Waals surface area contributed by atoms with E-state index in [4.69, 9.17) is 0 Å². The first kappa shape index (κ1) is 11.1. The molecule has 88 valence electrons. The van der Waals surface area contributed by atoms with E-state index in [0.717, 1.165) is 19.0 Å². The maximum Gasteiger partial charge on any atom is 0.224 e. The fourth-order valence-corrected chi connectivity index (χ4v) is 1.65. The van der Waals surface area contributed by atoms with Crippen LogP contribution in [-0.4, -0.2) is 23.1 Å². The van der Waals surface area contributed by atoms with Crippen LogP contribution in [0.1, 0.15) is 20.3 Å². The Morgan fingerprint density at radius 3 is 2.88 bits per heavy atom. The molecule has 0 radical (unpaired) electrons. The number of hydrogen-bond acceptors (Lipinski definition) is 4. The predicted molar refractivity (Wildman–Crippen MR) is 61.9 cm³/mol. The number of halogens is 1. The zero-order chi connectivity index (χ0) is 11.5. The van der Waals surface area contributed by atoms with Gasteiger partial charge in [-0.25, -0.2) is 9.37 Å². The average molecular weight is 224 g/mol. The smallest absolute Gasteiger partial charge is 0.224 e. The van der Waals surface area contributed by atoms with Crippen molar-refractivity contribution < 1.29 is 4.39 Å². The molecule has 1 saturated carbocycles. The summed E-state index contributed by atoms with van der Waals surface area (Å²) in [6.07, 6.45) is 2.42. The lowest BCUT2D eigenvalue weighted by atomic mass is 10.3. The van der Waals surface area contributed by atoms with Crippen molar-refractivity contribution in [3.63, 3.8) is 0 Å². The van der Waals surface area contributed by atoms with Gasteiger partial charge in [-0.2, -0.15) is 4.98 Å². The summed E-state index contributed by atoms with van der Waals surface area (Å²) in [5.74, 6) is 1.79. The summed E-state index contributed by atoms with van der Waals surface area (Å²) < 4.78 is 13.4. The van der Waals surface area contributed by atoms with Crippen molar-refractivity contribution in [2.75, 3.05) is 23.7 Å². The Morgan fingerprint density at radius 1 is 1.50 bits per heavy atom. The zero-order valence-corrected chi connectivity index (χ0v) is 9.63. The fourth-order valence-electron chi connectivity index (χ4n) is 1.65. The molecule has 1 aliphatic carbocycles. The van der Waals surface area contributed by atoms with E-state index in [-0.39, 0.29) is 0 Å². The van der Waals surface area contributed by atoms with Gasteiger partial charge in [0.05, 0.1) is 6.20 Å². The van der Waals surface area contributed by atoms with Crippen LogP contribution in [0, 0.1) is 17.7 Å². The van der Waals surface area contributed by atoms with Crippen molar-refractivity contribution in [3.05, 3.63) is 12.0 Å². The van der Waals surface area contributed by atoms with Crippen molar-refractivity contribution in [2.24, 2.45) is 11.8 Å². The maximum atomic E-state index is 13.4. The Hall–Kier alpha value is -1.39. The molecular weight excluding hydrogens is 207 g/mol. The van der Waals surface area contributed by atoms with Crippen LogP contribution in [-0.2, 0) is 0 Å². The molecule has 1 heterocycles. The van der Waals surface area contributed by atoms with Crippen LogP contribution in [0.4, 0.5) is 16.2 Å². The largest absolute Gasteiger partial charge is 0.367 e. The molecule has 0 spiro atoms. The van der Waals surface area contributed by atoms with Gasteiger partial charge in [0, 0.05) is 13.1 Å². The van der Waals surface area contributed by atoms with Crippen LogP contribution < -0.4 is 10.6 Å². The van der Waals surface area contributed by atoms with Crippen LogP contribution in [0.25, 0.3) is 0 Å². The van der Waals surface area contributed by atoms with Gasteiger partial charge in [-0.15, -0.1) is 0 Å². The molecule has 2 rings (SSSR count). The summed E-state index contributed by atoms with van der Waals surface area (Å²) in [6, 6.07) is 0. The van der Waals surface area contributed by atoms with E-state index in [1.165, 1.54) is 12.6 Å². The number of nitrogens with zero attached hydrogens (tertiary/aromatic N) is 2. The summed E-state index contributed by atoms with van der Waals surface area (Å²) in [5, 5.41) is 6.00. The third-order valence-corrected chi connectivity index (χ3v) is 2.89. The molecule has 2 unspecified atom stereocenters. The van der Waals surface area contributed by atoms with Gasteiger partial charge in [0.2, 0.25) is 5.95 Å². The molecule has 1 fully saturated rings. The normalized spacial score (nSPS) is 22.9. The quantitative estimate of drug-likeness (QED) is 0.804. The number of anilines is 2. The van der Waals surface area contributed by atoms with Gasteiger partial charge in [0.1, 0.15) is 0 Å². The minimum absolute atomic E-state index is 0.296. The first-order valence-corrected chi connectivity index (χ1v) is 5.71. The maximum absolute atomic E-state index is 13.4. The van der Waals surface area contributed by atoms with Crippen LogP contribution in [0.3, 0.4) is 0 Å². The highest BCUT2D eigenvalue weighted by Crippen LogP contribution is 2.37. The van der Waals surface area contributed by atoms with E-state index in [0.29, 0.717) is 17.7 Å².